The van der Waals surface area contributed by atoms with Crippen LogP contribution in [0.25, 0.3) is 0 Å². The van der Waals surface area contributed by atoms with Gasteiger partial charge in [0, 0.05) is 17.9 Å². The fraction of sp³-hybridized carbons (Fsp3) is 0.467. The minimum atomic E-state index is -0.267. The van der Waals surface area contributed by atoms with Crippen molar-refractivity contribution < 1.29 is 14.3 Å². The molecule has 4 nitrogen and oxygen atoms in total. The summed E-state index contributed by atoms with van der Waals surface area (Å²) in [4.78, 5) is 22.4. The number of amides is 1. The molecule has 0 aromatic heterocycles. The first-order chi connectivity index (χ1) is 9.69. The molecule has 1 aliphatic heterocycles. The fourth-order valence-electron chi connectivity index (χ4n) is 2.20. The van der Waals surface area contributed by atoms with E-state index in [2.05, 4.69) is 21.2 Å². The van der Waals surface area contributed by atoms with E-state index < -0.39 is 0 Å². The monoisotopic (exact) mass is 339 g/mol. The third-order valence-electron chi connectivity index (χ3n) is 3.34. The minimum Gasteiger partial charge on any atom is -0.378 e. The topological polar surface area (TPSA) is 55.4 Å². The summed E-state index contributed by atoms with van der Waals surface area (Å²) < 4.78 is 5.63. The van der Waals surface area contributed by atoms with Crippen LogP contribution in [0.3, 0.4) is 0 Å². The van der Waals surface area contributed by atoms with Crippen LogP contribution in [0.4, 0.5) is 5.69 Å². The standard InChI is InChI=1S/C15H18BrNO3/c16-14(9-13-3-1-2-8-20-13)15(19)17-12-6-4-11(10-18)5-7-12/h4-7,10,13-14H,1-3,8-9H2,(H,17,19)/t13?,14-/m1/s1. The molecule has 0 aliphatic carbocycles. The second-order valence-corrected chi connectivity index (χ2v) is 6.03. The lowest BCUT2D eigenvalue weighted by Crippen LogP contribution is -2.29. The third-order valence-corrected chi connectivity index (χ3v) is 4.13. The van der Waals surface area contributed by atoms with E-state index in [4.69, 9.17) is 4.74 Å². The molecule has 1 heterocycles. The van der Waals surface area contributed by atoms with Crippen LogP contribution in [-0.2, 0) is 9.53 Å². The Morgan fingerprint density at radius 2 is 2.15 bits per heavy atom. The number of anilines is 1. The van der Waals surface area contributed by atoms with E-state index in [1.54, 1.807) is 24.3 Å². The van der Waals surface area contributed by atoms with Gasteiger partial charge in [0.1, 0.15) is 6.29 Å². The molecule has 0 bridgehead atoms. The average molecular weight is 340 g/mol. The molecule has 2 atom stereocenters. The largest absolute Gasteiger partial charge is 0.378 e. The molecule has 5 heteroatoms. The van der Waals surface area contributed by atoms with Crippen molar-refractivity contribution in [1.29, 1.82) is 0 Å². The Morgan fingerprint density at radius 1 is 1.40 bits per heavy atom. The molecule has 108 valence electrons. The van der Waals surface area contributed by atoms with Gasteiger partial charge in [-0.15, -0.1) is 0 Å². The Labute approximate surface area is 127 Å². The van der Waals surface area contributed by atoms with Gasteiger partial charge in [-0.05, 0) is 49.9 Å². The predicted molar refractivity (Wildman–Crippen MR) is 81.4 cm³/mol. The molecule has 1 aromatic rings. The van der Waals surface area contributed by atoms with Gasteiger partial charge >= 0.3 is 0 Å². The number of aldehydes is 1. The molecule has 1 N–H and O–H groups in total. The van der Waals surface area contributed by atoms with Crippen LogP contribution in [0.15, 0.2) is 24.3 Å². The number of rotatable bonds is 5. The Kier molecular flexibility index (Phi) is 5.73. The number of halogens is 1. The smallest absolute Gasteiger partial charge is 0.238 e. The SMILES string of the molecule is O=Cc1ccc(NC(=O)[C@H](Br)CC2CCCCO2)cc1. The normalized spacial score (nSPS) is 20.1. The van der Waals surface area contributed by atoms with Crippen molar-refractivity contribution in [3.8, 4) is 0 Å². The zero-order valence-electron chi connectivity index (χ0n) is 11.2. The molecule has 2 rings (SSSR count). The summed E-state index contributed by atoms with van der Waals surface area (Å²) >= 11 is 3.42. The first kappa shape index (κ1) is 15.2. The summed E-state index contributed by atoms with van der Waals surface area (Å²) in [7, 11) is 0. The summed E-state index contributed by atoms with van der Waals surface area (Å²) in [5, 5.41) is 2.83. The van der Waals surface area contributed by atoms with E-state index in [9.17, 15) is 9.59 Å². The van der Waals surface area contributed by atoms with E-state index in [-0.39, 0.29) is 16.8 Å². The lowest BCUT2D eigenvalue weighted by Gasteiger charge is -2.24. The molecule has 0 radical (unpaired) electrons. The third kappa shape index (κ3) is 4.42. The molecule has 1 fully saturated rings. The quantitative estimate of drug-likeness (QED) is 0.662. The molecule has 1 unspecified atom stereocenters. The van der Waals surface area contributed by atoms with Crippen LogP contribution in [0, 0.1) is 0 Å². The summed E-state index contributed by atoms with van der Waals surface area (Å²) in [6.45, 7) is 0.791. The van der Waals surface area contributed by atoms with Gasteiger partial charge < -0.3 is 10.1 Å². The zero-order valence-corrected chi connectivity index (χ0v) is 12.8. The van der Waals surface area contributed by atoms with Crippen molar-refractivity contribution in [2.24, 2.45) is 0 Å². The Morgan fingerprint density at radius 3 is 2.75 bits per heavy atom. The van der Waals surface area contributed by atoms with Gasteiger partial charge in [-0.1, -0.05) is 15.9 Å². The highest BCUT2D eigenvalue weighted by atomic mass is 79.9. The molecule has 1 aromatic carbocycles. The fourth-order valence-corrected chi connectivity index (χ4v) is 2.73. The summed E-state index contributed by atoms with van der Waals surface area (Å²) in [5.41, 5.74) is 1.28. The maximum atomic E-state index is 12.1. The molecule has 0 saturated carbocycles. The van der Waals surface area contributed by atoms with Crippen molar-refractivity contribution in [2.75, 3.05) is 11.9 Å². The van der Waals surface area contributed by atoms with Crippen LogP contribution >= 0.6 is 15.9 Å². The second-order valence-electron chi connectivity index (χ2n) is 4.92. The summed E-state index contributed by atoms with van der Waals surface area (Å²) in [6, 6.07) is 6.79. The minimum absolute atomic E-state index is 0.0852. The second kappa shape index (κ2) is 7.55. The highest BCUT2D eigenvalue weighted by Crippen LogP contribution is 2.21. The summed E-state index contributed by atoms with van der Waals surface area (Å²) in [6.07, 6.45) is 4.91. The van der Waals surface area contributed by atoms with Crippen LogP contribution in [0.5, 0.6) is 0 Å². The lowest BCUT2D eigenvalue weighted by atomic mass is 10.0. The van der Waals surface area contributed by atoms with Crippen molar-refractivity contribution in [3.63, 3.8) is 0 Å². The van der Waals surface area contributed by atoms with Crippen LogP contribution in [0.2, 0.25) is 0 Å². The van der Waals surface area contributed by atoms with E-state index >= 15 is 0 Å². The zero-order chi connectivity index (χ0) is 14.4. The lowest BCUT2D eigenvalue weighted by molar-refractivity contribution is -0.116. The number of alkyl halides is 1. The van der Waals surface area contributed by atoms with E-state index in [0.29, 0.717) is 17.7 Å². The van der Waals surface area contributed by atoms with Gasteiger partial charge in [-0.3, -0.25) is 9.59 Å². The Hall–Kier alpha value is -1.20. The first-order valence-corrected chi connectivity index (χ1v) is 7.72. The van der Waals surface area contributed by atoms with E-state index in [0.717, 1.165) is 25.7 Å². The van der Waals surface area contributed by atoms with Crippen LogP contribution in [0.1, 0.15) is 36.0 Å². The number of hydrogen-bond acceptors (Lipinski definition) is 3. The first-order valence-electron chi connectivity index (χ1n) is 6.81. The molecule has 1 aliphatic rings. The molecule has 20 heavy (non-hydrogen) atoms. The molecule has 1 saturated heterocycles. The molecular weight excluding hydrogens is 322 g/mol. The number of carbonyl (C=O) groups is 2. The van der Waals surface area contributed by atoms with Gasteiger partial charge in [-0.25, -0.2) is 0 Å². The van der Waals surface area contributed by atoms with E-state index in [1.165, 1.54) is 6.42 Å². The maximum absolute atomic E-state index is 12.1. The van der Waals surface area contributed by atoms with Gasteiger partial charge in [0.15, 0.2) is 0 Å². The number of carbonyl (C=O) groups excluding carboxylic acids is 2. The van der Waals surface area contributed by atoms with Gasteiger partial charge in [0.25, 0.3) is 0 Å². The van der Waals surface area contributed by atoms with Crippen LogP contribution < -0.4 is 5.32 Å². The number of nitrogens with one attached hydrogen (secondary N) is 1. The van der Waals surface area contributed by atoms with Crippen LogP contribution in [-0.4, -0.2) is 29.7 Å². The van der Waals surface area contributed by atoms with Crippen molar-refractivity contribution in [3.05, 3.63) is 29.8 Å². The van der Waals surface area contributed by atoms with Crippen molar-refractivity contribution in [2.45, 2.75) is 36.6 Å². The number of hydrogen-bond donors (Lipinski definition) is 1. The molecule has 1 amide bonds. The average Bonchev–Trinajstić information content (AvgIpc) is 2.49. The Bertz CT molecular complexity index is 455. The molecule has 0 spiro atoms. The van der Waals surface area contributed by atoms with Crippen molar-refractivity contribution >= 4 is 33.8 Å². The van der Waals surface area contributed by atoms with E-state index in [1.807, 2.05) is 0 Å². The van der Waals surface area contributed by atoms with Gasteiger partial charge in [-0.2, -0.15) is 0 Å². The number of benzene rings is 1. The summed E-state index contributed by atoms with van der Waals surface area (Å²) in [5.74, 6) is -0.0852. The highest BCUT2D eigenvalue weighted by molar-refractivity contribution is 9.10. The maximum Gasteiger partial charge on any atom is 0.238 e. The van der Waals surface area contributed by atoms with Gasteiger partial charge in [0.05, 0.1) is 10.9 Å². The van der Waals surface area contributed by atoms with Crippen molar-refractivity contribution in [1.82, 2.24) is 0 Å². The van der Waals surface area contributed by atoms with Gasteiger partial charge in [0.2, 0.25) is 5.91 Å². The predicted octanol–water partition coefficient (Wildman–Crippen LogP) is 3.16. The highest BCUT2D eigenvalue weighted by Gasteiger charge is 2.22. The molecular formula is C15H18BrNO3. The number of ether oxygens (including phenoxy) is 1. The Balaban J connectivity index is 1.84.